The van der Waals surface area contributed by atoms with E-state index in [1.54, 1.807) is 0 Å². The van der Waals surface area contributed by atoms with Gasteiger partial charge in [0.1, 0.15) is 12.2 Å². The number of aromatic nitrogens is 3. The van der Waals surface area contributed by atoms with E-state index in [9.17, 15) is 9.59 Å². The molecule has 0 aliphatic heterocycles. The number of aryl methyl sites for hydroxylation is 1. The minimum Gasteiger partial charge on any atom is -0.481 e. The van der Waals surface area contributed by atoms with Gasteiger partial charge in [0.25, 0.3) is 0 Å². The van der Waals surface area contributed by atoms with Gasteiger partial charge in [0.05, 0.1) is 0 Å². The molecule has 1 aromatic rings. The number of urea groups is 1. The highest BCUT2D eigenvalue weighted by atomic mass is 16.4. The number of carbonyl (C=O) groups is 2. The van der Waals surface area contributed by atoms with Crippen LogP contribution in [0.25, 0.3) is 0 Å². The van der Waals surface area contributed by atoms with E-state index in [0.29, 0.717) is 19.5 Å². The van der Waals surface area contributed by atoms with Crippen molar-refractivity contribution in [3.05, 3.63) is 12.2 Å². The molecule has 0 saturated carbocycles. The normalized spacial score (nSPS) is 10.0. The fourth-order valence-corrected chi connectivity index (χ4v) is 1.31. The number of nitrogens with one attached hydrogen (secondary N) is 3. The largest absolute Gasteiger partial charge is 0.481 e. The molecule has 1 heterocycles. The van der Waals surface area contributed by atoms with Crippen LogP contribution in [0.3, 0.4) is 0 Å². The summed E-state index contributed by atoms with van der Waals surface area (Å²) in [6.45, 7) is 0.895. The van der Waals surface area contributed by atoms with Crippen LogP contribution in [0.4, 0.5) is 4.79 Å². The summed E-state index contributed by atoms with van der Waals surface area (Å²) in [5.41, 5.74) is 0. The first-order valence-corrected chi connectivity index (χ1v) is 5.76. The lowest BCUT2D eigenvalue weighted by atomic mass is 10.3. The van der Waals surface area contributed by atoms with Gasteiger partial charge in [0.2, 0.25) is 0 Å². The molecule has 1 aromatic heterocycles. The van der Waals surface area contributed by atoms with Gasteiger partial charge in [0, 0.05) is 25.9 Å². The molecular formula is C10H17N5O3. The fraction of sp³-hybridized carbons (Fsp3) is 0.600. The molecule has 0 saturated heterocycles. The average molecular weight is 255 g/mol. The quantitative estimate of drug-likeness (QED) is 0.483. The Morgan fingerprint density at radius 1 is 1.28 bits per heavy atom. The highest BCUT2D eigenvalue weighted by Gasteiger charge is 2.01. The number of hydrogen-bond acceptors (Lipinski definition) is 4. The van der Waals surface area contributed by atoms with Crippen molar-refractivity contribution in [2.24, 2.45) is 0 Å². The maximum Gasteiger partial charge on any atom is 0.314 e. The van der Waals surface area contributed by atoms with Gasteiger partial charge in [0.15, 0.2) is 0 Å². The van der Waals surface area contributed by atoms with E-state index in [1.807, 2.05) is 0 Å². The van der Waals surface area contributed by atoms with Crippen LogP contribution in [-0.4, -0.2) is 45.4 Å². The van der Waals surface area contributed by atoms with Gasteiger partial charge < -0.3 is 15.7 Å². The van der Waals surface area contributed by atoms with Gasteiger partial charge in [-0.25, -0.2) is 9.78 Å². The Hall–Kier alpha value is -2.12. The van der Waals surface area contributed by atoms with Crippen molar-refractivity contribution in [3.63, 3.8) is 0 Å². The molecule has 8 heteroatoms. The number of carboxylic acids is 1. The summed E-state index contributed by atoms with van der Waals surface area (Å²) in [6.07, 6.45) is 3.42. The Morgan fingerprint density at radius 2 is 2.00 bits per heavy atom. The van der Waals surface area contributed by atoms with Gasteiger partial charge in [-0.15, -0.1) is 0 Å². The SMILES string of the molecule is O=C(O)CCCNC(=O)NCCCc1ncn[nH]1. The molecule has 0 bridgehead atoms. The first-order valence-electron chi connectivity index (χ1n) is 5.76. The summed E-state index contributed by atoms with van der Waals surface area (Å²) in [6, 6.07) is -0.280. The van der Waals surface area contributed by atoms with Gasteiger partial charge in [-0.1, -0.05) is 0 Å². The molecule has 0 aliphatic carbocycles. The van der Waals surface area contributed by atoms with E-state index in [2.05, 4.69) is 25.8 Å². The number of amides is 2. The summed E-state index contributed by atoms with van der Waals surface area (Å²) in [7, 11) is 0. The van der Waals surface area contributed by atoms with Crippen LogP contribution < -0.4 is 10.6 Å². The second-order valence-electron chi connectivity index (χ2n) is 3.72. The molecule has 18 heavy (non-hydrogen) atoms. The van der Waals surface area contributed by atoms with Crippen molar-refractivity contribution in [1.82, 2.24) is 25.8 Å². The van der Waals surface area contributed by atoms with Gasteiger partial charge in [-0.05, 0) is 12.8 Å². The Labute approximate surface area is 104 Å². The molecule has 0 aliphatic rings. The number of H-pyrrole nitrogens is 1. The van der Waals surface area contributed by atoms with Crippen molar-refractivity contribution in [3.8, 4) is 0 Å². The monoisotopic (exact) mass is 255 g/mol. The van der Waals surface area contributed by atoms with Crippen LogP contribution in [0, 0.1) is 0 Å². The molecule has 100 valence electrons. The zero-order valence-electron chi connectivity index (χ0n) is 9.98. The maximum absolute atomic E-state index is 11.2. The van der Waals surface area contributed by atoms with Crippen LogP contribution in [-0.2, 0) is 11.2 Å². The second-order valence-corrected chi connectivity index (χ2v) is 3.72. The number of carbonyl (C=O) groups excluding carboxylic acids is 1. The van der Waals surface area contributed by atoms with Crippen molar-refractivity contribution >= 4 is 12.0 Å². The number of rotatable bonds is 8. The predicted molar refractivity (Wildman–Crippen MR) is 63.0 cm³/mol. The number of hydrogen-bond donors (Lipinski definition) is 4. The molecule has 8 nitrogen and oxygen atoms in total. The van der Waals surface area contributed by atoms with E-state index in [1.165, 1.54) is 6.33 Å². The predicted octanol–water partition coefficient (Wildman–Crippen LogP) is -0.0987. The Kier molecular flexibility index (Phi) is 6.23. The lowest BCUT2D eigenvalue weighted by Crippen LogP contribution is -2.36. The number of carboxylic acid groups (broad SMARTS) is 1. The van der Waals surface area contributed by atoms with Crippen LogP contribution in [0.15, 0.2) is 6.33 Å². The topological polar surface area (TPSA) is 120 Å². The standard InChI is InChI=1S/C10H17N5O3/c16-9(17)4-2-6-12-10(18)11-5-1-3-8-13-7-14-15-8/h7H,1-6H2,(H,16,17)(H2,11,12,18)(H,13,14,15). The summed E-state index contributed by atoms with van der Waals surface area (Å²) >= 11 is 0. The van der Waals surface area contributed by atoms with Crippen LogP contribution >= 0.6 is 0 Å². The van der Waals surface area contributed by atoms with Crippen molar-refractivity contribution in [2.45, 2.75) is 25.7 Å². The minimum absolute atomic E-state index is 0.0613. The highest BCUT2D eigenvalue weighted by Crippen LogP contribution is 1.91. The van der Waals surface area contributed by atoms with E-state index >= 15 is 0 Å². The molecule has 1 rings (SSSR count). The molecule has 0 fully saturated rings. The van der Waals surface area contributed by atoms with Crippen LogP contribution in [0.2, 0.25) is 0 Å². The lowest BCUT2D eigenvalue weighted by molar-refractivity contribution is -0.137. The zero-order valence-corrected chi connectivity index (χ0v) is 9.98. The number of nitrogens with zero attached hydrogens (tertiary/aromatic N) is 2. The van der Waals surface area contributed by atoms with Crippen molar-refractivity contribution in [2.75, 3.05) is 13.1 Å². The minimum atomic E-state index is -0.857. The van der Waals surface area contributed by atoms with E-state index in [4.69, 9.17) is 5.11 Å². The van der Waals surface area contributed by atoms with Crippen molar-refractivity contribution < 1.29 is 14.7 Å². The third-order valence-corrected chi connectivity index (χ3v) is 2.19. The molecule has 0 spiro atoms. The molecule has 4 N–H and O–H groups in total. The molecule has 0 atom stereocenters. The van der Waals surface area contributed by atoms with Crippen LogP contribution in [0.5, 0.6) is 0 Å². The molecule has 0 aromatic carbocycles. The number of aliphatic carboxylic acids is 1. The van der Waals surface area contributed by atoms with E-state index < -0.39 is 5.97 Å². The molecule has 0 radical (unpaired) electrons. The van der Waals surface area contributed by atoms with Crippen molar-refractivity contribution in [1.29, 1.82) is 0 Å². The Bertz CT molecular complexity index is 366. The van der Waals surface area contributed by atoms with Gasteiger partial charge >= 0.3 is 12.0 Å². The Balaban J connectivity index is 1.95. The van der Waals surface area contributed by atoms with Gasteiger partial charge in [-0.2, -0.15) is 5.10 Å². The summed E-state index contributed by atoms with van der Waals surface area (Å²) in [5.74, 6) is -0.0667. The number of aromatic amines is 1. The third-order valence-electron chi connectivity index (χ3n) is 2.19. The Morgan fingerprint density at radius 3 is 2.61 bits per heavy atom. The van der Waals surface area contributed by atoms with Crippen LogP contribution in [0.1, 0.15) is 25.1 Å². The van der Waals surface area contributed by atoms with E-state index in [-0.39, 0.29) is 12.5 Å². The zero-order chi connectivity index (χ0) is 13.2. The summed E-state index contributed by atoms with van der Waals surface area (Å²) in [5, 5.41) is 20.1. The molecular weight excluding hydrogens is 238 g/mol. The second kappa shape index (κ2) is 8.04. The summed E-state index contributed by atoms with van der Waals surface area (Å²) in [4.78, 5) is 25.4. The smallest absolute Gasteiger partial charge is 0.314 e. The van der Waals surface area contributed by atoms with E-state index in [0.717, 1.165) is 18.7 Å². The summed E-state index contributed by atoms with van der Waals surface area (Å²) < 4.78 is 0. The highest BCUT2D eigenvalue weighted by molar-refractivity contribution is 5.73. The van der Waals surface area contributed by atoms with Gasteiger partial charge in [-0.3, -0.25) is 9.89 Å². The lowest BCUT2D eigenvalue weighted by Gasteiger charge is -2.06. The molecule has 0 unspecified atom stereocenters. The average Bonchev–Trinajstić information content (AvgIpc) is 2.83. The third kappa shape index (κ3) is 6.46. The first kappa shape index (κ1) is 13.9. The first-order chi connectivity index (χ1) is 8.68. The maximum atomic E-state index is 11.2. The molecule has 2 amide bonds. The fourth-order valence-electron chi connectivity index (χ4n) is 1.31.